The van der Waals surface area contributed by atoms with Crippen molar-refractivity contribution in [3.05, 3.63) is 40.9 Å². The number of hydrogen-bond donors (Lipinski definition) is 2. The van der Waals surface area contributed by atoms with E-state index in [9.17, 15) is 9.59 Å². The van der Waals surface area contributed by atoms with Crippen molar-refractivity contribution in [1.29, 1.82) is 0 Å². The number of rotatable bonds is 2. The van der Waals surface area contributed by atoms with Crippen LogP contribution in [0.4, 0.5) is 14.7 Å². The van der Waals surface area contributed by atoms with Crippen molar-refractivity contribution < 1.29 is 14.3 Å². The summed E-state index contributed by atoms with van der Waals surface area (Å²) in [4.78, 5) is 27.6. The van der Waals surface area contributed by atoms with Crippen LogP contribution < -0.4 is 15.4 Å². The Morgan fingerprint density at radius 1 is 1.24 bits per heavy atom. The summed E-state index contributed by atoms with van der Waals surface area (Å²) in [6, 6.07) is 8.54. The Balaban J connectivity index is 0.000000196. The van der Waals surface area contributed by atoms with Gasteiger partial charge in [0.25, 0.3) is 0 Å². The van der Waals surface area contributed by atoms with Gasteiger partial charge in [0.05, 0.1) is 6.20 Å². The van der Waals surface area contributed by atoms with Gasteiger partial charge in [0.15, 0.2) is 5.13 Å². The van der Waals surface area contributed by atoms with Gasteiger partial charge in [0.1, 0.15) is 10.1 Å². The molecule has 1 aromatic heterocycles. The number of hydrogen-bond acceptors (Lipinski definition) is 6. The largest absolute Gasteiger partial charge is 0.415 e. The van der Waals surface area contributed by atoms with Gasteiger partial charge >= 0.3 is 11.5 Å². The van der Waals surface area contributed by atoms with Crippen molar-refractivity contribution in [3.63, 3.8) is 0 Å². The molecule has 0 radical (unpaired) electrons. The third-order valence-electron chi connectivity index (χ3n) is 3.04. The average molecular weight is 403 g/mol. The number of piperazine rings is 1. The molecule has 0 bridgehead atoms. The summed E-state index contributed by atoms with van der Waals surface area (Å²) in [5, 5.41) is 6.44. The minimum atomic E-state index is -0.814. The molecule has 2 amide bonds. The summed E-state index contributed by atoms with van der Waals surface area (Å²) in [5.41, 5.74) is -0.814. The number of anilines is 1. The Kier molecular flexibility index (Phi) is 7.93. The van der Waals surface area contributed by atoms with Crippen LogP contribution in [-0.4, -0.2) is 47.5 Å². The second-order valence-electron chi connectivity index (χ2n) is 4.79. The van der Waals surface area contributed by atoms with Crippen LogP contribution in [-0.2, 0) is 0 Å². The molecule has 2 N–H and O–H groups in total. The van der Waals surface area contributed by atoms with E-state index in [1.165, 1.54) is 17.5 Å². The molecule has 25 heavy (non-hydrogen) atoms. The standard InChI is InChI=1S/C8H11ClN4OS.C7H5ClO2/c9-6-5-11-7(15-6)12-8(14)13-3-1-10-2-4-13;8-7(9)10-6-4-2-1-3-5-6/h5,10H,1-4H2,(H,11,12,14);1-5H. The molecule has 2 aromatic rings. The third kappa shape index (κ3) is 7.27. The smallest absolute Gasteiger partial charge is 0.409 e. The number of benzene rings is 1. The number of carbonyl (C=O) groups is 2. The lowest BCUT2D eigenvalue weighted by Gasteiger charge is -2.26. The number of carbonyl (C=O) groups excluding carboxylic acids is 2. The van der Waals surface area contributed by atoms with E-state index in [2.05, 4.69) is 20.4 Å². The SMILES string of the molecule is O=C(Cl)Oc1ccccc1.O=C(Nc1ncc(Cl)s1)N1CCNCC1. The van der Waals surface area contributed by atoms with Crippen LogP contribution in [0.15, 0.2) is 36.5 Å². The molecule has 1 aromatic carbocycles. The van der Waals surface area contributed by atoms with E-state index in [1.807, 2.05) is 6.07 Å². The van der Waals surface area contributed by atoms with Gasteiger partial charge in [0, 0.05) is 37.8 Å². The molecule has 10 heteroatoms. The zero-order valence-corrected chi connectivity index (χ0v) is 15.4. The monoisotopic (exact) mass is 402 g/mol. The Labute approximate surface area is 158 Å². The molecule has 0 saturated carbocycles. The summed E-state index contributed by atoms with van der Waals surface area (Å²) < 4.78 is 5.12. The Bertz CT molecular complexity index is 693. The number of urea groups is 1. The molecule has 1 aliphatic rings. The molecule has 3 rings (SSSR count). The Hall–Kier alpha value is -1.87. The maximum Gasteiger partial charge on any atom is 0.409 e. The molecule has 1 saturated heterocycles. The molecule has 7 nitrogen and oxygen atoms in total. The Morgan fingerprint density at radius 2 is 1.92 bits per heavy atom. The summed E-state index contributed by atoms with van der Waals surface area (Å²) in [5.74, 6) is 0.461. The van der Waals surface area contributed by atoms with Crippen molar-refractivity contribution in [3.8, 4) is 5.75 Å². The fraction of sp³-hybridized carbons (Fsp3) is 0.267. The van der Waals surface area contributed by atoms with Gasteiger partial charge in [-0.05, 0) is 12.1 Å². The lowest BCUT2D eigenvalue weighted by atomic mass is 10.3. The highest BCUT2D eigenvalue weighted by atomic mass is 35.5. The zero-order valence-electron chi connectivity index (χ0n) is 13.1. The number of thiazole rings is 1. The first-order valence-corrected chi connectivity index (χ1v) is 8.92. The molecule has 2 heterocycles. The minimum absolute atomic E-state index is 0.109. The third-order valence-corrected chi connectivity index (χ3v) is 4.14. The van der Waals surface area contributed by atoms with Crippen LogP contribution in [0.1, 0.15) is 0 Å². The van der Waals surface area contributed by atoms with Crippen LogP contribution in [0.5, 0.6) is 5.75 Å². The molecular weight excluding hydrogens is 387 g/mol. The molecule has 0 atom stereocenters. The highest BCUT2D eigenvalue weighted by Gasteiger charge is 2.16. The summed E-state index contributed by atoms with van der Waals surface area (Å²) in [6.45, 7) is 3.13. The second-order valence-corrected chi connectivity index (χ2v) is 6.76. The average Bonchev–Trinajstić information content (AvgIpc) is 3.01. The number of aromatic nitrogens is 1. The van der Waals surface area contributed by atoms with E-state index >= 15 is 0 Å². The highest BCUT2D eigenvalue weighted by Crippen LogP contribution is 2.22. The minimum Gasteiger partial charge on any atom is -0.415 e. The van der Waals surface area contributed by atoms with Crippen LogP contribution in [0.3, 0.4) is 0 Å². The fourth-order valence-electron chi connectivity index (χ4n) is 1.93. The van der Waals surface area contributed by atoms with E-state index in [0.717, 1.165) is 26.2 Å². The molecule has 1 aliphatic heterocycles. The Morgan fingerprint density at radius 3 is 2.48 bits per heavy atom. The normalized spacial score (nSPS) is 13.4. The van der Waals surface area contributed by atoms with Crippen molar-refractivity contribution in [2.45, 2.75) is 0 Å². The van der Waals surface area contributed by atoms with Crippen LogP contribution in [0, 0.1) is 0 Å². The first-order chi connectivity index (χ1) is 12.0. The molecule has 0 unspecified atom stereocenters. The topological polar surface area (TPSA) is 83.6 Å². The number of nitrogens with zero attached hydrogens (tertiary/aromatic N) is 2. The predicted octanol–water partition coefficient (Wildman–Crippen LogP) is 3.66. The number of ether oxygens (including phenoxy) is 1. The van der Waals surface area contributed by atoms with E-state index in [-0.39, 0.29) is 6.03 Å². The number of para-hydroxylation sites is 1. The lowest BCUT2D eigenvalue weighted by Crippen LogP contribution is -2.48. The highest BCUT2D eigenvalue weighted by molar-refractivity contribution is 7.19. The van der Waals surface area contributed by atoms with Gasteiger partial charge in [0.2, 0.25) is 0 Å². The van der Waals surface area contributed by atoms with Crippen LogP contribution in [0.2, 0.25) is 4.34 Å². The van der Waals surface area contributed by atoms with E-state index < -0.39 is 5.43 Å². The first kappa shape index (κ1) is 19.5. The van der Waals surface area contributed by atoms with E-state index in [0.29, 0.717) is 15.2 Å². The number of amides is 2. The van der Waals surface area contributed by atoms with Gasteiger partial charge < -0.3 is 15.0 Å². The quantitative estimate of drug-likeness (QED) is 0.748. The second kappa shape index (κ2) is 10.2. The van der Waals surface area contributed by atoms with Gasteiger partial charge in [-0.15, -0.1) is 0 Å². The van der Waals surface area contributed by atoms with Crippen LogP contribution in [0.25, 0.3) is 0 Å². The molecule has 1 fully saturated rings. The van der Waals surface area contributed by atoms with Gasteiger partial charge in [-0.1, -0.05) is 41.1 Å². The predicted molar refractivity (Wildman–Crippen MR) is 98.9 cm³/mol. The maximum absolute atomic E-state index is 11.7. The van der Waals surface area contributed by atoms with Gasteiger partial charge in [-0.3, -0.25) is 5.32 Å². The molecule has 134 valence electrons. The number of halogens is 2. The van der Waals surface area contributed by atoms with Crippen molar-refractivity contribution in [2.75, 3.05) is 31.5 Å². The molecule has 0 aliphatic carbocycles. The van der Waals surface area contributed by atoms with Gasteiger partial charge in [-0.25, -0.2) is 14.6 Å². The van der Waals surface area contributed by atoms with Crippen molar-refractivity contribution in [2.24, 2.45) is 0 Å². The molecule has 0 spiro atoms. The summed E-state index contributed by atoms with van der Waals surface area (Å²) >= 11 is 11.9. The fourth-order valence-corrected chi connectivity index (χ4v) is 2.82. The first-order valence-electron chi connectivity index (χ1n) is 7.35. The lowest BCUT2D eigenvalue weighted by molar-refractivity contribution is 0.204. The van der Waals surface area contributed by atoms with E-state index in [4.69, 9.17) is 23.2 Å². The van der Waals surface area contributed by atoms with E-state index in [1.54, 1.807) is 29.2 Å². The van der Waals surface area contributed by atoms with Crippen molar-refractivity contribution >= 4 is 51.1 Å². The summed E-state index contributed by atoms with van der Waals surface area (Å²) in [7, 11) is 0. The van der Waals surface area contributed by atoms with Crippen molar-refractivity contribution in [1.82, 2.24) is 15.2 Å². The molecular formula is C15H16Cl2N4O3S. The zero-order chi connectivity index (χ0) is 18.1. The number of nitrogens with one attached hydrogen (secondary N) is 2. The summed E-state index contributed by atoms with van der Waals surface area (Å²) in [6.07, 6.45) is 1.53. The van der Waals surface area contributed by atoms with Crippen LogP contribution >= 0.6 is 34.5 Å². The van der Waals surface area contributed by atoms with Gasteiger partial charge in [-0.2, -0.15) is 0 Å². The maximum atomic E-state index is 11.7.